The fourth-order valence-electron chi connectivity index (χ4n) is 6.94. The number of benzene rings is 2. The first kappa shape index (κ1) is 26.7. The number of amides is 3. The fraction of sp³-hybridized carbons (Fsp3) is 0.548. The van der Waals surface area contributed by atoms with Crippen LogP contribution in [0.25, 0.3) is 0 Å². The number of hydrogen-bond donors (Lipinski definition) is 2. The molecule has 1 unspecified atom stereocenters. The Hall–Kier alpha value is -2.93. The monoisotopic (exact) mass is 520 g/mol. The van der Waals surface area contributed by atoms with Crippen LogP contribution in [0.15, 0.2) is 48.5 Å². The van der Waals surface area contributed by atoms with Crippen molar-refractivity contribution in [1.82, 2.24) is 15.1 Å². The van der Waals surface area contributed by atoms with Gasteiger partial charge in [0.25, 0.3) is 0 Å². The smallest absolute Gasteiger partial charge is 0.317 e. The molecule has 5 rings (SSSR count). The molecule has 2 aliphatic heterocycles. The van der Waals surface area contributed by atoms with E-state index < -0.39 is 0 Å². The maximum atomic E-state index is 13.3. The number of carbonyl (C=O) groups excluding carboxylic acids is 2. The topological polar surface area (TPSA) is 78.7 Å². The van der Waals surface area contributed by atoms with Gasteiger partial charge in [0.2, 0.25) is 5.91 Å². The van der Waals surface area contributed by atoms with E-state index in [9.17, 15) is 14.0 Å². The first-order valence-corrected chi connectivity index (χ1v) is 14.4. The van der Waals surface area contributed by atoms with Crippen LogP contribution in [0, 0.1) is 11.7 Å². The van der Waals surface area contributed by atoms with Gasteiger partial charge in [0.15, 0.2) is 0 Å². The number of fused-ring (bicyclic) bond motifs is 2. The summed E-state index contributed by atoms with van der Waals surface area (Å²) in [6.07, 6.45) is 10.7. The summed E-state index contributed by atoms with van der Waals surface area (Å²) in [7, 11) is 0. The zero-order chi connectivity index (χ0) is 26.5. The Labute approximate surface area is 225 Å². The molecule has 2 saturated heterocycles. The van der Waals surface area contributed by atoms with Gasteiger partial charge in [-0.1, -0.05) is 43.5 Å². The summed E-state index contributed by atoms with van der Waals surface area (Å²) in [5.74, 6) is 0.377. The summed E-state index contributed by atoms with van der Waals surface area (Å²) < 4.78 is 13.3. The van der Waals surface area contributed by atoms with Crippen LogP contribution in [-0.4, -0.2) is 53.5 Å². The van der Waals surface area contributed by atoms with Gasteiger partial charge in [-0.3, -0.25) is 9.69 Å². The van der Waals surface area contributed by atoms with E-state index in [1.54, 1.807) is 18.2 Å². The van der Waals surface area contributed by atoms with Gasteiger partial charge < -0.3 is 16.0 Å². The summed E-state index contributed by atoms with van der Waals surface area (Å²) in [5, 5.41) is 3.09. The summed E-state index contributed by atoms with van der Waals surface area (Å²) in [5.41, 5.74) is 8.23. The van der Waals surface area contributed by atoms with E-state index in [-0.39, 0.29) is 17.8 Å². The second-order valence-corrected chi connectivity index (χ2v) is 11.5. The maximum absolute atomic E-state index is 13.3. The van der Waals surface area contributed by atoms with Gasteiger partial charge in [-0.05, 0) is 85.8 Å². The predicted octanol–water partition coefficient (Wildman–Crippen LogP) is 5.43. The van der Waals surface area contributed by atoms with Crippen molar-refractivity contribution in [2.75, 3.05) is 19.6 Å². The highest BCUT2D eigenvalue weighted by Gasteiger charge is 2.41. The second-order valence-electron chi connectivity index (χ2n) is 11.5. The lowest BCUT2D eigenvalue weighted by atomic mass is 9.84. The molecule has 3 atom stereocenters. The lowest BCUT2D eigenvalue weighted by Crippen LogP contribution is -2.49. The zero-order valence-electron chi connectivity index (χ0n) is 22.3. The second kappa shape index (κ2) is 12.3. The summed E-state index contributed by atoms with van der Waals surface area (Å²) in [6.45, 7) is 2.82. The highest BCUT2D eigenvalue weighted by Crippen LogP contribution is 2.43. The molecule has 2 aromatic rings. The molecule has 3 N–H and O–H groups in total. The van der Waals surface area contributed by atoms with Crippen molar-refractivity contribution in [2.45, 2.75) is 82.3 Å². The van der Waals surface area contributed by atoms with E-state index in [4.69, 9.17) is 5.73 Å². The molecule has 1 aliphatic carbocycles. The Morgan fingerprint density at radius 1 is 0.974 bits per heavy atom. The Kier molecular flexibility index (Phi) is 8.62. The molecular weight excluding hydrogens is 479 g/mol. The van der Waals surface area contributed by atoms with Gasteiger partial charge in [-0.15, -0.1) is 0 Å². The lowest BCUT2D eigenvalue weighted by Gasteiger charge is -2.40. The summed E-state index contributed by atoms with van der Waals surface area (Å²) in [6, 6.07) is 15.1. The molecule has 0 spiro atoms. The molecule has 3 fully saturated rings. The van der Waals surface area contributed by atoms with Crippen LogP contribution in [0.5, 0.6) is 0 Å². The summed E-state index contributed by atoms with van der Waals surface area (Å²) >= 11 is 0. The van der Waals surface area contributed by atoms with Gasteiger partial charge in [0, 0.05) is 43.8 Å². The average molecular weight is 521 g/mol. The number of urea groups is 1. The van der Waals surface area contributed by atoms with Crippen LogP contribution < -0.4 is 11.1 Å². The molecule has 6 nitrogen and oxygen atoms in total. The standard InChI is InChI=1S/C31H41FN4O2/c32-27-11-9-22(10-12-27)20-34-31(38)35(21-23-5-2-1-3-6-23)15-16-36-28-13-14-29(36)19-26(18-28)24-7-4-8-25(17-24)30(33)37/h4,7-12,17,23,26,28-29H,1-3,5-6,13-16,18-21H2,(H2,33,37)(H,34,38)/t26?,28-,29+. The fourth-order valence-corrected chi connectivity index (χ4v) is 6.94. The molecular formula is C31H41FN4O2. The summed E-state index contributed by atoms with van der Waals surface area (Å²) in [4.78, 5) is 29.7. The van der Waals surface area contributed by atoms with E-state index in [0.29, 0.717) is 36.0 Å². The molecule has 2 heterocycles. The molecule has 7 heteroatoms. The van der Waals surface area contributed by atoms with Crippen molar-refractivity contribution in [2.24, 2.45) is 11.7 Å². The molecule has 2 bridgehead atoms. The lowest BCUT2D eigenvalue weighted by molar-refractivity contribution is 0.0998. The SMILES string of the molecule is NC(=O)c1cccc(C2C[C@H]3CC[C@@H](C2)N3CCN(CC2CCCCC2)C(=O)NCc2ccc(F)cc2)c1. The maximum Gasteiger partial charge on any atom is 0.317 e. The van der Waals surface area contributed by atoms with E-state index >= 15 is 0 Å². The number of nitrogens with zero attached hydrogens (tertiary/aromatic N) is 2. The Morgan fingerprint density at radius 2 is 1.68 bits per heavy atom. The van der Waals surface area contributed by atoms with Crippen molar-refractivity contribution in [3.8, 4) is 0 Å². The van der Waals surface area contributed by atoms with Crippen LogP contribution in [0.4, 0.5) is 9.18 Å². The first-order chi connectivity index (χ1) is 18.5. The number of halogens is 1. The van der Waals surface area contributed by atoms with Gasteiger partial charge >= 0.3 is 6.03 Å². The van der Waals surface area contributed by atoms with Crippen molar-refractivity contribution >= 4 is 11.9 Å². The number of piperidine rings is 1. The molecule has 1 saturated carbocycles. The van der Waals surface area contributed by atoms with Crippen LogP contribution in [0.1, 0.15) is 85.2 Å². The van der Waals surface area contributed by atoms with E-state index in [1.807, 2.05) is 17.0 Å². The van der Waals surface area contributed by atoms with E-state index in [0.717, 1.165) is 38.0 Å². The van der Waals surface area contributed by atoms with Gasteiger partial charge in [-0.25, -0.2) is 9.18 Å². The van der Waals surface area contributed by atoms with Crippen molar-refractivity contribution < 1.29 is 14.0 Å². The normalized spacial score (nSPS) is 23.8. The van der Waals surface area contributed by atoms with Crippen LogP contribution in [-0.2, 0) is 6.54 Å². The zero-order valence-corrected chi connectivity index (χ0v) is 22.3. The number of nitrogens with one attached hydrogen (secondary N) is 1. The quantitative estimate of drug-likeness (QED) is 0.463. The molecule has 3 amide bonds. The Morgan fingerprint density at radius 3 is 2.37 bits per heavy atom. The number of nitrogens with two attached hydrogens (primary N) is 1. The third kappa shape index (κ3) is 6.55. The molecule has 0 radical (unpaired) electrons. The Balaban J connectivity index is 1.20. The van der Waals surface area contributed by atoms with Crippen molar-refractivity contribution in [3.05, 3.63) is 71.0 Å². The van der Waals surface area contributed by atoms with Crippen LogP contribution in [0.2, 0.25) is 0 Å². The van der Waals surface area contributed by atoms with E-state index in [1.165, 1.54) is 62.6 Å². The number of rotatable bonds is 9. The van der Waals surface area contributed by atoms with Crippen molar-refractivity contribution in [1.29, 1.82) is 0 Å². The minimum absolute atomic E-state index is 0.0228. The van der Waals surface area contributed by atoms with Crippen LogP contribution in [0.3, 0.4) is 0 Å². The van der Waals surface area contributed by atoms with E-state index in [2.05, 4.69) is 16.3 Å². The van der Waals surface area contributed by atoms with Crippen molar-refractivity contribution in [3.63, 3.8) is 0 Å². The largest absolute Gasteiger partial charge is 0.366 e. The number of primary amides is 1. The number of carbonyl (C=O) groups is 2. The van der Waals surface area contributed by atoms with Gasteiger partial charge in [-0.2, -0.15) is 0 Å². The van der Waals surface area contributed by atoms with Gasteiger partial charge in [0.05, 0.1) is 0 Å². The molecule has 204 valence electrons. The highest BCUT2D eigenvalue weighted by atomic mass is 19.1. The number of hydrogen-bond acceptors (Lipinski definition) is 3. The van der Waals surface area contributed by atoms with Crippen LogP contribution >= 0.6 is 0 Å². The molecule has 0 aromatic heterocycles. The molecule has 3 aliphatic rings. The minimum atomic E-state index is -0.372. The predicted molar refractivity (Wildman–Crippen MR) is 147 cm³/mol. The Bertz CT molecular complexity index is 1090. The first-order valence-electron chi connectivity index (χ1n) is 14.4. The average Bonchev–Trinajstić information content (AvgIpc) is 3.17. The highest BCUT2D eigenvalue weighted by molar-refractivity contribution is 5.92. The third-order valence-corrected chi connectivity index (χ3v) is 9.00. The third-order valence-electron chi connectivity index (χ3n) is 9.00. The van der Waals surface area contributed by atoms with Gasteiger partial charge in [0.1, 0.15) is 5.82 Å². The molecule has 2 aromatic carbocycles. The minimum Gasteiger partial charge on any atom is -0.366 e. The molecule has 38 heavy (non-hydrogen) atoms.